The van der Waals surface area contributed by atoms with Crippen molar-refractivity contribution in [2.75, 3.05) is 6.54 Å². The van der Waals surface area contributed by atoms with E-state index in [-0.39, 0.29) is 5.91 Å². The second kappa shape index (κ2) is 5.92. The van der Waals surface area contributed by atoms with Crippen LogP contribution in [0.4, 0.5) is 0 Å². The van der Waals surface area contributed by atoms with E-state index in [0.29, 0.717) is 23.6 Å². The lowest BCUT2D eigenvalue weighted by Gasteiger charge is -2.34. The largest absolute Gasteiger partial charge is 0.326 e. The summed E-state index contributed by atoms with van der Waals surface area (Å²) in [6, 6.07) is 1.95. The molecule has 1 amide bonds. The molecule has 1 aliphatic heterocycles. The Morgan fingerprint density at radius 1 is 1.12 bits per heavy atom. The van der Waals surface area contributed by atoms with E-state index in [1.165, 1.54) is 0 Å². The Hall–Kier alpha value is -2.37. The molecule has 0 spiro atoms. The van der Waals surface area contributed by atoms with Crippen molar-refractivity contribution in [2.24, 2.45) is 0 Å². The third-order valence-electron chi connectivity index (χ3n) is 4.68. The Labute approximate surface area is 142 Å². The highest BCUT2D eigenvalue weighted by atomic mass is 16.2. The number of aryl methyl sites for hydroxylation is 4. The van der Waals surface area contributed by atoms with Gasteiger partial charge in [0.1, 0.15) is 11.4 Å². The molecule has 0 saturated carbocycles. The number of amides is 1. The zero-order valence-electron chi connectivity index (χ0n) is 14.9. The molecule has 6 heteroatoms. The molecule has 0 aliphatic carbocycles. The second-order valence-electron chi connectivity index (χ2n) is 6.72. The van der Waals surface area contributed by atoms with Crippen molar-refractivity contribution in [2.45, 2.75) is 53.0 Å². The molecular formula is C18H23N5O. The first-order chi connectivity index (χ1) is 11.3. The number of nitrogens with zero attached hydrogens (tertiary/aromatic N) is 5. The number of rotatable bonds is 2. The molecule has 3 rings (SSSR count). The van der Waals surface area contributed by atoms with E-state index in [0.717, 1.165) is 30.1 Å². The summed E-state index contributed by atoms with van der Waals surface area (Å²) >= 11 is 0. The van der Waals surface area contributed by atoms with E-state index in [4.69, 9.17) is 0 Å². The van der Waals surface area contributed by atoms with Crippen LogP contribution in [0.25, 0.3) is 0 Å². The topological polar surface area (TPSA) is 71.9 Å². The first-order valence-electron chi connectivity index (χ1n) is 8.26. The second-order valence-corrected chi connectivity index (χ2v) is 6.72. The van der Waals surface area contributed by atoms with E-state index in [2.05, 4.69) is 26.9 Å². The molecule has 0 bridgehead atoms. The highest BCUT2D eigenvalue weighted by molar-refractivity contribution is 5.95. The van der Waals surface area contributed by atoms with Crippen LogP contribution in [-0.4, -0.2) is 37.3 Å². The number of likely N-dealkylation sites (tertiary alicyclic amines) is 1. The summed E-state index contributed by atoms with van der Waals surface area (Å²) in [6.45, 7) is 10.3. The van der Waals surface area contributed by atoms with Crippen LogP contribution in [0.5, 0.6) is 0 Å². The zero-order chi connectivity index (χ0) is 17.5. The van der Waals surface area contributed by atoms with Crippen LogP contribution in [0.3, 0.4) is 0 Å². The van der Waals surface area contributed by atoms with Crippen LogP contribution >= 0.6 is 0 Å². The van der Waals surface area contributed by atoms with Gasteiger partial charge in [-0.2, -0.15) is 0 Å². The summed E-state index contributed by atoms with van der Waals surface area (Å²) in [7, 11) is 0. The molecule has 0 radical (unpaired) electrons. The molecule has 0 aromatic carbocycles. The van der Waals surface area contributed by atoms with E-state index in [1.54, 1.807) is 6.20 Å². The maximum atomic E-state index is 13.1. The first kappa shape index (κ1) is 16.5. The Morgan fingerprint density at radius 2 is 1.79 bits per heavy atom. The van der Waals surface area contributed by atoms with E-state index in [9.17, 15) is 4.79 Å². The zero-order valence-corrected chi connectivity index (χ0v) is 14.9. The van der Waals surface area contributed by atoms with Gasteiger partial charge in [-0.25, -0.2) is 19.9 Å². The minimum absolute atomic E-state index is 0.0461. The van der Waals surface area contributed by atoms with Crippen molar-refractivity contribution in [3.63, 3.8) is 0 Å². The van der Waals surface area contributed by atoms with Crippen LogP contribution in [0, 0.1) is 27.7 Å². The Morgan fingerprint density at radius 3 is 2.42 bits per heavy atom. The van der Waals surface area contributed by atoms with Crippen LogP contribution in [0.1, 0.15) is 58.9 Å². The summed E-state index contributed by atoms with van der Waals surface area (Å²) in [5.74, 6) is 1.35. The monoisotopic (exact) mass is 325 g/mol. The average Bonchev–Trinajstić information content (AvgIpc) is 2.89. The molecular weight excluding hydrogens is 302 g/mol. The van der Waals surface area contributed by atoms with Gasteiger partial charge in [0.05, 0.1) is 11.3 Å². The molecule has 0 N–H and O–H groups in total. The summed E-state index contributed by atoms with van der Waals surface area (Å²) in [6.07, 6.45) is 3.42. The van der Waals surface area contributed by atoms with Crippen molar-refractivity contribution in [3.8, 4) is 0 Å². The fraction of sp³-hybridized carbons (Fsp3) is 0.500. The Kier molecular flexibility index (Phi) is 4.07. The normalized spacial score (nSPS) is 20.5. The molecule has 2 aromatic rings. The third-order valence-corrected chi connectivity index (χ3v) is 4.68. The number of aromatic nitrogens is 4. The van der Waals surface area contributed by atoms with Crippen LogP contribution < -0.4 is 0 Å². The van der Waals surface area contributed by atoms with Crippen molar-refractivity contribution in [3.05, 3.63) is 46.6 Å². The highest BCUT2D eigenvalue weighted by Crippen LogP contribution is 2.38. The molecule has 1 aliphatic rings. The fourth-order valence-corrected chi connectivity index (χ4v) is 3.43. The predicted octanol–water partition coefficient (Wildman–Crippen LogP) is 2.65. The quantitative estimate of drug-likeness (QED) is 0.849. The lowest BCUT2D eigenvalue weighted by molar-refractivity contribution is 0.0601. The molecule has 0 unspecified atom stereocenters. The minimum Gasteiger partial charge on any atom is -0.326 e. The number of hydrogen-bond acceptors (Lipinski definition) is 5. The van der Waals surface area contributed by atoms with Crippen LogP contribution in [-0.2, 0) is 5.54 Å². The Bertz CT molecular complexity index is 784. The third kappa shape index (κ3) is 2.77. The average molecular weight is 325 g/mol. The molecule has 2 aromatic heterocycles. The molecule has 126 valence electrons. The number of hydrogen-bond donors (Lipinski definition) is 0. The Balaban J connectivity index is 2.01. The van der Waals surface area contributed by atoms with Crippen molar-refractivity contribution in [1.29, 1.82) is 0 Å². The van der Waals surface area contributed by atoms with Gasteiger partial charge in [0.25, 0.3) is 5.91 Å². The smallest absolute Gasteiger partial charge is 0.258 e. The molecule has 1 fully saturated rings. The maximum Gasteiger partial charge on any atom is 0.258 e. The van der Waals surface area contributed by atoms with Crippen molar-refractivity contribution < 1.29 is 4.79 Å². The molecule has 1 saturated heterocycles. The summed E-state index contributed by atoms with van der Waals surface area (Å²) in [4.78, 5) is 32.8. The van der Waals surface area contributed by atoms with E-state index in [1.807, 2.05) is 38.7 Å². The molecule has 3 heterocycles. The summed E-state index contributed by atoms with van der Waals surface area (Å²) in [5, 5.41) is 0. The van der Waals surface area contributed by atoms with Crippen molar-refractivity contribution >= 4 is 5.91 Å². The van der Waals surface area contributed by atoms with Gasteiger partial charge in [-0.3, -0.25) is 4.79 Å². The van der Waals surface area contributed by atoms with Crippen LogP contribution in [0.15, 0.2) is 12.3 Å². The van der Waals surface area contributed by atoms with Gasteiger partial charge in [-0.15, -0.1) is 0 Å². The minimum atomic E-state index is -0.495. The van der Waals surface area contributed by atoms with Gasteiger partial charge in [0.15, 0.2) is 5.82 Å². The van der Waals surface area contributed by atoms with Crippen LogP contribution in [0.2, 0.25) is 0 Å². The number of carbonyl (C=O) groups is 1. The van der Waals surface area contributed by atoms with Gasteiger partial charge < -0.3 is 4.90 Å². The van der Waals surface area contributed by atoms with Gasteiger partial charge >= 0.3 is 0 Å². The summed E-state index contributed by atoms with van der Waals surface area (Å²) in [5.41, 5.74) is 2.62. The standard InChI is InChI=1S/C18H23N5O/c1-11-9-12(2)21-17(20-11)18(5)7-6-8-23(18)16(24)15-10-19-14(4)22-13(15)3/h9-10H,6-8H2,1-5H3/t18-/m1/s1. The van der Waals surface area contributed by atoms with E-state index >= 15 is 0 Å². The van der Waals surface area contributed by atoms with Gasteiger partial charge in [0, 0.05) is 24.1 Å². The predicted molar refractivity (Wildman–Crippen MR) is 90.6 cm³/mol. The lowest BCUT2D eigenvalue weighted by Crippen LogP contribution is -2.44. The molecule has 1 atom stereocenters. The van der Waals surface area contributed by atoms with Gasteiger partial charge in [-0.1, -0.05) is 0 Å². The SMILES string of the molecule is Cc1cc(C)nc([C@@]2(C)CCCN2C(=O)c2cnc(C)nc2C)n1. The van der Waals surface area contributed by atoms with Gasteiger partial charge in [-0.05, 0) is 53.5 Å². The fourth-order valence-electron chi connectivity index (χ4n) is 3.43. The molecule has 6 nitrogen and oxygen atoms in total. The lowest BCUT2D eigenvalue weighted by atomic mass is 9.96. The molecule has 24 heavy (non-hydrogen) atoms. The highest BCUT2D eigenvalue weighted by Gasteiger charge is 2.44. The summed E-state index contributed by atoms with van der Waals surface area (Å²) < 4.78 is 0. The first-order valence-corrected chi connectivity index (χ1v) is 8.26. The maximum absolute atomic E-state index is 13.1. The van der Waals surface area contributed by atoms with E-state index < -0.39 is 5.54 Å². The number of carbonyl (C=O) groups excluding carboxylic acids is 1. The van der Waals surface area contributed by atoms with Gasteiger partial charge in [0.2, 0.25) is 0 Å². The van der Waals surface area contributed by atoms with Crippen molar-refractivity contribution in [1.82, 2.24) is 24.8 Å².